The van der Waals surface area contributed by atoms with Crippen LogP contribution in [0.4, 0.5) is 5.69 Å². The smallest absolute Gasteiger partial charge is 0.162 e. The van der Waals surface area contributed by atoms with E-state index in [4.69, 9.17) is 9.47 Å². The van der Waals surface area contributed by atoms with Crippen LogP contribution in [0.2, 0.25) is 0 Å². The average Bonchev–Trinajstić information content (AvgIpc) is 2.77. The van der Waals surface area contributed by atoms with Crippen molar-refractivity contribution in [3.63, 3.8) is 0 Å². The van der Waals surface area contributed by atoms with Gasteiger partial charge >= 0.3 is 0 Å². The highest BCUT2D eigenvalue weighted by atomic mass is 16.5. The van der Waals surface area contributed by atoms with Crippen LogP contribution in [0.25, 0.3) is 10.9 Å². The maximum Gasteiger partial charge on any atom is 0.162 e. The van der Waals surface area contributed by atoms with Gasteiger partial charge in [-0.25, -0.2) is 0 Å². The number of methoxy groups -OCH3 is 2. The van der Waals surface area contributed by atoms with Gasteiger partial charge in [-0.1, -0.05) is 52.9 Å². The fraction of sp³-hybridized carbons (Fsp3) is 0.654. The van der Waals surface area contributed by atoms with Crippen LogP contribution in [0.5, 0.6) is 11.5 Å². The molecule has 0 spiro atoms. The number of rotatable bonds is 10. The number of hydrogen-bond donors (Lipinski definition) is 0. The molecule has 3 rings (SSSR count). The highest BCUT2D eigenvalue weighted by molar-refractivity contribution is 5.94. The van der Waals surface area contributed by atoms with Crippen molar-refractivity contribution in [2.24, 2.45) is 17.8 Å². The second-order valence-corrected chi connectivity index (χ2v) is 9.25. The van der Waals surface area contributed by atoms with Gasteiger partial charge in [0.15, 0.2) is 11.5 Å². The number of ether oxygens (including phenoxy) is 2. The van der Waals surface area contributed by atoms with E-state index in [1.54, 1.807) is 14.2 Å². The van der Waals surface area contributed by atoms with Crippen LogP contribution in [0, 0.1) is 17.8 Å². The second-order valence-electron chi connectivity index (χ2n) is 9.25. The Labute approximate surface area is 183 Å². The lowest BCUT2D eigenvalue weighted by Crippen LogP contribution is -2.36. The van der Waals surface area contributed by atoms with Gasteiger partial charge in [-0.3, -0.25) is 4.98 Å². The summed E-state index contributed by atoms with van der Waals surface area (Å²) in [5, 5.41) is 1.15. The first-order valence-electron chi connectivity index (χ1n) is 11.8. The molecule has 0 bridgehead atoms. The van der Waals surface area contributed by atoms with Crippen LogP contribution in [-0.2, 0) is 0 Å². The summed E-state index contributed by atoms with van der Waals surface area (Å²) in [7, 11) is 3.37. The number of pyridine rings is 1. The Morgan fingerprint density at radius 1 is 1.03 bits per heavy atom. The van der Waals surface area contributed by atoms with Gasteiger partial charge in [0, 0.05) is 36.4 Å². The van der Waals surface area contributed by atoms with Gasteiger partial charge in [-0.2, -0.15) is 0 Å². The Hall–Kier alpha value is -1.97. The first-order chi connectivity index (χ1) is 14.6. The zero-order valence-corrected chi connectivity index (χ0v) is 19.6. The maximum absolute atomic E-state index is 5.55. The van der Waals surface area contributed by atoms with E-state index in [9.17, 15) is 0 Å². The molecule has 1 aromatic heterocycles. The average molecular weight is 413 g/mol. The lowest BCUT2D eigenvalue weighted by atomic mass is 9.78. The molecule has 0 N–H and O–H groups in total. The summed E-state index contributed by atoms with van der Waals surface area (Å²) < 4.78 is 11.0. The van der Waals surface area contributed by atoms with Gasteiger partial charge in [-0.05, 0) is 42.7 Å². The van der Waals surface area contributed by atoms with Gasteiger partial charge in [0.2, 0.25) is 0 Å². The Bertz CT molecular complexity index is 797. The Morgan fingerprint density at radius 2 is 1.73 bits per heavy atom. The highest BCUT2D eigenvalue weighted by Crippen LogP contribution is 2.38. The molecule has 2 heterocycles. The minimum Gasteiger partial charge on any atom is -0.493 e. The molecule has 1 fully saturated rings. The summed E-state index contributed by atoms with van der Waals surface area (Å²) in [5.41, 5.74) is 2.23. The van der Waals surface area contributed by atoms with Crippen LogP contribution in [0.1, 0.15) is 65.7 Å². The Morgan fingerprint density at radius 3 is 2.37 bits per heavy atom. The third-order valence-corrected chi connectivity index (χ3v) is 6.79. The SMILES string of the molecule is CCCC(CCCC(C)C)C1CCN(c2ccnc3cc(OC)c(OC)cc23)CC1. The molecular weight excluding hydrogens is 372 g/mol. The largest absolute Gasteiger partial charge is 0.493 e. The van der Waals surface area contributed by atoms with Crippen LogP contribution < -0.4 is 14.4 Å². The third kappa shape index (κ3) is 5.39. The number of piperidine rings is 1. The number of aromatic nitrogens is 1. The first kappa shape index (κ1) is 22.7. The zero-order chi connectivity index (χ0) is 21.5. The van der Waals surface area contributed by atoms with Crippen molar-refractivity contribution in [2.45, 2.75) is 65.7 Å². The lowest BCUT2D eigenvalue weighted by Gasteiger charge is -2.38. The van der Waals surface area contributed by atoms with Crippen LogP contribution in [0.3, 0.4) is 0 Å². The normalized spacial score (nSPS) is 16.3. The molecular formula is C26H40N2O2. The third-order valence-electron chi connectivity index (χ3n) is 6.79. The van der Waals surface area contributed by atoms with Gasteiger partial charge < -0.3 is 14.4 Å². The number of fused-ring (bicyclic) bond motifs is 1. The Kier molecular flexibility index (Phi) is 8.24. The molecule has 0 radical (unpaired) electrons. The van der Waals surface area contributed by atoms with E-state index in [2.05, 4.69) is 42.8 Å². The molecule has 30 heavy (non-hydrogen) atoms. The number of anilines is 1. The topological polar surface area (TPSA) is 34.6 Å². The van der Waals surface area contributed by atoms with Gasteiger partial charge in [0.25, 0.3) is 0 Å². The minimum atomic E-state index is 0.733. The van der Waals surface area contributed by atoms with E-state index in [1.165, 1.54) is 50.6 Å². The molecule has 0 amide bonds. The van der Waals surface area contributed by atoms with Crippen molar-refractivity contribution in [1.29, 1.82) is 0 Å². The quantitative estimate of drug-likeness (QED) is 0.434. The minimum absolute atomic E-state index is 0.733. The number of hydrogen-bond acceptors (Lipinski definition) is 4. The molecule has 4 nitrogen and oxygen atoms in total. The maximum atomic E-state index is 5.55. The van der Waals surface area contributed by atoms with Gasteiger partial charge in [0.05, 0.1) is 19.7 Å². The standard InChI is InChI=1S/C26H40N2O2/c1-6-8-20(10-7-9-19(2)3)21-12-15-28(16-13-21)24-11-14-27-23-18-26(30-5)25(29-4)17-22(23)24/h11,14,17-21H,6-10,12-13,15-16H2,1-5H3. The molecule has 1 atom stereocenters. The molecule has 0 saturated carbocycles. The van der Waals surface area contributed by atoms with Crippen molar-refractivity contribution in [3.8, 4) is 11.5 Å². The van der Waals surface area contributed by atoms with Gasteiger partial charge in [0.1, 0.15) is 0 Å². The summed E-state index contributed by atoms with van der Waals surface area (Å²) >= 11 is 0. The number of benzene rings is 1. The second kappa shape index (κ2) is 10.9. The predicted molar refractivity (Wildman–Crippen MR) is 127 cm³/mol. The number of nitrogens with zero attached hydrogens (tertiary/aromatic N) is 2. The van der Waals surface area contributed by atoms with E-state index in [0.717, 1.165) is 53.2 Å². The van der Waals surface area contributed by atoms with E-state index >= 15 is 0 Å². The van der Waals surface area contributed by atoms with Crippen molar-refractivity contribution < 1.29 is 9.47 Å². The molecule has 2 aromatic rings. The predicted octanol–water partition coefficient (Wildman–Crippen LogP) is 6.71. The summed E-state index contributed by atoms with van der Waals surface area (Å²) in [6.07, 6.45) is 11.4. The van der Waals surface area contributed by atoms with Crippen LogP contribution >= 0.6 is 0 Å². The lowest BCUT2D eigenvalue weighted by molar-refractivity contribution is 0.237. The van der Waals surface area contributed by atoms with E-state index < -0.39 is 0 Å². The molecule has 0 aliphatic carbocycles. The molecule has 1 unspecified atom stereocenters. The summed E-state index contributed by atoms with van der Waals surface area (Å²) in [6.45, 7) is 9.29. The molecule has 1 saturated heterocycles. The van der Waals surface area contributed by atoms with Gasteiger partial charge in [-0.15, -0.1) is 0 Å². The first-order valence-corrected chi connectivity index (χ1v) is 11.8. The molecule has 1 aliphatic rings. The zero-order valence-electron chi connectivity index (χ0n) is 19.6. The fourth-order valence-corrected chi connectivity index (χ4v) is 5.12. The fourth-order valence-electron chi connectivity index (χ4n) is 5.12. The molecule has 4 heteroatoms. The van der Waals surface area contributed by atoms with Crippen molar-refractivity contribution in [2.75, 3.05) is 32.2 Å². The van der Waals surface area contributed by atoms with Crippen molar-refractivity contribution >= 4 is 16.6 Å². The monoisotopic (exact) mass is 412 g/mol. The van der Waals surface area contributed by atoms with E-state index in [0.29, 0.717) is 0 Å². The van der Waals surface area contributed by atoms with E-state index in [1.807, 2.05) is 12.3 Å². The van der Waals surface area contributed by atoms with E-state index in [-0.39, 0.29) is 0 Å². The summed E-state index contributed by atoms with van der Waals surface area (Å²) in [4.78, 5) is 7.12. The highest BCUT2D eigenvalue weighted by Gasteiger charge is 2.27. The van der Waals surface area contributed by atoms with Crippen molar-refractivity contribution in [3.05, 3.63) is 24.4 Å². The Balaban J connectivity index is 1.71. The molecule has 1 aliphatic heterocycles. The van der Waals surface area contributed by atoms with Crippen LogP contribution in [-0.4, -0.2) is 32.3 Å². The summed E-state index contributed by atoms with van der Waals surface area (Å²) in [5.74, 6) is 4.09. The van der Waals surface area contributed by atoms with Crippen molar-refractivity contribution in [1.82, 2.24) is 4.98 Å². The molecule has 166 valence electrons. The van der Waals surface area contributed by atoms with Crippen LogP contribution in [0.15, 0.2) is 24.4 Å². The molecule has 1 aromatic carbocycles. The summed E-state index contributed by atoms with van der Waals surface area (Å²) in [6, 6.07) is 6.21.